The van der Waals surface area contributed by atoms with E-state index in [0.717, 1.165) is 12.4 Å². The van der Waals surface area contributed by atoms with Gasteiger partial charge in [-0.15, -0.1) is 0 Å². The van der Waals surface area contributed by atoms with Crippen LogP contribution in [-0.4, -0.2) is 65.3 Å². The number of aromatic nitrogens is 2. The lowest BCUT2D eigenvalue weighted by Gasteiger charge is -2.34. The largest absolute Gasteiger partial charge is 0.419 e. The molecule has 26 heavy (non-hydrogen) atoms. The molecule has 1 aliphatic heterocycles. The Hall–Kier alpha value is -2.43. The number of anilines is 1. The summed E-state index contributed by atoms with van der Waals surface area (Å²) in [6, 6.07) is -0.252. The fraction of sp³-hybridized carbons (Fsp3) is 0.600. The summed E-state index contributed by atoms with van der Waals surface area (Å²) in [4.78, 5) is 27.9. The highest BCUT2D eigenvalue weighted by Crippen LogP contribution is 2.28. The van der Waals surface area contributed by atoms with Gasteiger partial charge in [-0.25, -0.2) is 9.97 Å². The zero-order valence-electron chi connectivity index (χ0n) is 14.5. The van der Waals surface area contributed by atoms with Crippen molar-refractivity contribution in [2.75, 3.05) is 37.7 Å². The standard InChI is InChI=1S/C15H21F3N6O2/c1-10(19)11(2)22-26-9-13(25)23-3-5-24(6-4-23)14-20-7-12(8-21-14)15(16,17)18/h7-8,10H,3-6,9,19H2,1-2H3/b22-11+/t10-/m0/s1. The van der Waals surface area contributed by atoms with Crippen LogP contribution < -0.4 is 10.6 Å². The number of oxime groups is 1. The van der Waals surface area contributed by atoms with Crippen LogP contribution in [0.1, 0.15) is 19.4 Å². The van der Waals surface area contributed by atoms with Crippen LogP contribution in [-0.2, 0) is 15.8 Å². The molecule has 1 fully saturated rings. The number of nitrogens with two attached hydrogens (primary N) is 1. The lowest BCUT2D eigenvalue weighted by Crippen LogP contribution is -2.50. The number of amides is 1. The van der Waals surface area contributed by atoms with Crippen molar-refractivity contribution in [2.24, 2.45) is 10.9 Å². The molecule has 2 rings (SSSR count). The molecule has 0 saturated carbocycles. The van der Waals surface area contributed by atoms with Gasteiger partial charge in [0.2, 0.25) is 5.95 Å². The van der Waals surface area contributed by atoms with Gasteiger partial charge in [0.1, 0.15) is 0 Å². The fourth-order valence-corrected chi connectivity index (χ4v) is 2.15. The molecule has 1 aliphatic rings. The molecular weight excluding hydrogens is 353 g/mol. The second kappa shape index (κ2) is 8.30. The Labute approximate surface area is 148 Å². The number of alkyl halides is 3. The molecule has 0 aromatic carbocycles. The lowest BCUT2D eigenvalue weighted by atomic mass is 10.2. The van der Waals surface area contributed by atoms with Gasteiger partial charge in [-0.1, -0.05) is 5.16 Å². The summed E-state index contributed by atoms with van der Waals surface area (Å²) in [6.07, 6.45) is -2.95. The van der Waals surface area contributed by atoms with Crippen LogP contribution in [0.3, 0.4) is 0 Å². The van der Waals surface area contributed by atoms with Crippen LogP contribution in [0.2, 0.25) is 0 Å². The Morgan fingerprint density at radius 1 is 1.31 bits per heavy atom. The van der Waals surface area contributed by atoms with E-state index >= 15 is 0 Å². The van der Waals surface area contributed by atoms with E-state index in [1.165, 1.54) is 0 Å². The number of hydrogen-bond acceptors (Lipinski definition) is 7. The minimum Gasteiger partial charge on any atom is -0.386 e. The third-order valence-electron chi connectivity index (χ3n) is 3.94. The number of rotatable bonds is 5. The molecule has 1 aromatic rings. The number of nitrogens with zero attached hydrogens (tertiary/aromatic N) is 5. The van der Waals surface area contributed by atoms with Gasteiger partial charge in [0.15, 0.2) is 6.61 Å². The first-order valence-electron chi connectivity index (χ1n) is 8.02. The maximum absolute atomic E-state index is 12.5. The summed E-state index contributed by atoms with van der Waals surface area (Å²) >= 11 is 0. The summed E-state index contributed by atoms with van der Waals surface area (Å²) in [5, 5.41) is 3.77. The van der Waals surface area contributed by atoms with E-state index in [2.05, 4.69) is 15.1 Å². The second-order valence-corrected chi connectivity index (χ2v) is 5.93. The van der Waals surface area contributed by atoms with Crippen molar-refractivity contribution in [2.45, 2.75) is 26.1 Å². The first-order chi connectivity index (χ1) is 12.2. The van der Waals surface area contributed by atoms with Gasteiger partial charge in [0, 0.05) is 44.6 Å². The Bertz CT molecular complexity index is 640. The number of carbonyl (C=O) groups excluding carboxylic acids is 1. The van der Waals surface area contributed by atoms with Crippen molar-refractivity contribution >= 4 is 17.6 Å². The Kier molecular flexibility index (Phi) is 6.35. The highest BCUT2D eigenvalue weighted by molar-refractivity contribution is 5.86. The molecule has 0 radical (unpaired) electrons. The molecule has 0 unspecified atom stereocenters. The topological polar surface area (TPSA) is 96.9 Å². The van der Waals surface area contributed by atoms with Crippen LogP contribution in [0.25, 0.3) is 0 Å². The third kappa shape index (κ3) is 5.28. The zero-order valence-corrected chi connectivity index (χ0v) is 14.5. The first kappa shape index (κ1) is 19.9. The van der Waals surface area contributed by atoms with E-state index in [-0.39, 0.29) is 24.5 Å². The predicted octanol–water partition coefficient (Wildman–Crippen LogP) is 0.884. The maximum Gasteiger partial charge on any atom is 0.419 e. The number of hydrogen-bond donors (Lipinski definition) is 1. The van der Waals surface area contributed by atoms with Gasteiger partial charge < -0.3 is 20.4 Å². The third-order valence-corrected chi connectivity index (χ3v) is 3.94. The van der Waals surface area contributed by atoms with Gasteiger partial charge in [-0.3, -0.25) is 4.79 Å². The average molecular weight is 374 g/mol. The van der Waals surface area contributed by atoms with Gasteiger partial charge >= 0.3 is 6.18 Å². The first-order valence-corrected chi connectivity index (χ1v) is 8.02. The van der Waals surface area contributed by atoms with Crippen molar-refractivity contribution < 1.29 is 22.8 Å². The van der Waals surface area contributed by atoms with E-state index in [4.69, 9.17) is 10.6 Å². The highest BCUT2D eigenvalue weighted by atomic mass is 19.4. The number of halogens is 3. The van der Waals surface area contributed by atoms with Crippen molar-refractivity contribution in [3.8, 4) is 0 Å². The van der Waals surface area contributed by atoms with Crippen molar-refractivity contribution in [1.82, 2.24) is 14.9 Å². The normalized spacial score (nSPS) is 17.2. The van der Waals surface area contributed by atoms with Gasteiger partial charge in [-0.05, 0) is 13.8 Å². The fourth-order valence-electron chi connectivity index (χ4n) is 2.15. The second-order valence-electron chi connectivity index (χ2n) is 5.93. The molecule has 144 valence electrons. The Morgan fingerprint density at radius 2 is 1.88 bits per heavy atom. The monoisotopic (exact) mass is 374 g/mol. The van der Waals surface area contributed by atoms with E-state index in [1.54, 1.807) is 23.6 Å². The highest BCUT2D eigenvalue weighted by Gasteiger charge is 2.32. The molecule has 1 aromatic heterocycles. The number of carbonyl (C=O) groups is 1. The lowest BCUT2D eigenvalue weighted by molar-refractivity contribution is -0.138. The van der Waals surface area contributed by atoms with Crippen LogP contribution in [0.15, 0.2) is 17.5 Å². The molecule has 2 heterocycles. The van der Waals surface area contributed by atoms with E-state index in [0.29, 0.717) is 31.9 Å². The van der Waals surface area contributed by atoms with Crippen LogP contribution >= 0.6 is 0 Å². The SMILES string of the molecule is C/C(=N\OCC(=O)N1CCN(c2ncc(C(F)(F)F)cn2)CC1)[C@H](C)N. The van der Waals surface area contributed by atoms with Gasteiger partial charge in [0.05, 0.1) is 11.3 Å². The minimum absolute atomic E-state index is 0.194. The van der Waals surface area contributed by atoms with Crippen LogP contribution in [0, 0.1) is 0 Å². The predicted molar refractivity (Wildman–Crippen MR) is 88.5 cm³/mol. The molecular formula is C15H21F3N6O2. The number of piperazine rings is 1. The van der Waals surface area contributed by atoms with Crippen LogP contribution in [0.4, 0.5) is 19.1 Å². The molecule has 1 atom stereocenters. The van der Waals surface area contributed by atoms with E-state index in [9.17, 15) is 18.0 Å². The van der Waals surface area contributed by atoms with Crippen molar-refractivity contribution in [3.63, 3.8) is 0 Å². The summed E-state index contributed by atoms with van der Waals surface area (Å²) in [5.41, 5.74) is 5.30. The molecule has 8 nitrogen and oxygen atoms in total. The Balaban J connectivity index is 1.83. The van der Waals surface area contributed by atoms with E-state index < -0.39 is 11.7 Å². The summed E-state index contributed by atoms with van der Waals surface area (Å²) in [7, 11) is 0. The molecule has 0 bridgehead atoms. The summed E-state index contributed by atoms with van der Waals surface area (Å²) < 4.78 is 37.6. The minimum atomic E-state index is -4.47. The summed E-state index contributed by atoms with van der Waals surface area (Å²) in [5.74, 6) is -0.0160. The van der Waals surface area contributed by atoms with Gasteiger partial charge in [-0.2, -0.15) is 13.2 Å². The maximum atomic E-state index is 12.5. The zero-order chi connectivity index (χ0) is 19.3. The van der Waals surface area contributed by atoms with Crippen LogP contribution in [0.5, 0.6) is 0 Å². The molecule has 2 N–H and O–H groups in total. The Morgan fingerprint density at radius 3 is 2.38 bits per heavy atom. The quantitative estimate of drug-likeness (QED) is 0.607. The molecule has 1 amide bonds. The van der Waals surface area contributed by atoms with Crippen molar-refractivity contribution in [3.05, 3.63) is 18.0 Å². The smallest absolute Gasteiger partial charge is 0.386 e. The molecule has 1 saturated heterocycles. The molecule has 0 spiro atoms. The van der Waals surface area contributed by atoms with Gasteiger partial charge in [0.25, 0.3) is 5.91 Å². The average Bonchev–Trinajstić information content (AvgIpc) is 2.61. The van der Waals surface area contributed by atoms with Crippen molar-refractivity contribution in [1.29, 1.82) is 0 Å². The van der Waals surface area contributed by atoms with E-state index in [1.807, 2.05) is 0 Å². The summed E-state index contributed by atoms with van der Waals surface area (Å²) in [6.45, 7) is 4.88. The molecule has 0 aliphatic carbocycles. The molecule has 11 heteroatoms.